The number of piperidine rings is 1. The minimum Gasteiger partial charge on any atom is -0.349 e. The standard InChI is InChI=1S/C20H22N2O2/c1-15-6-5-9-17(14-15)20(24)22-12-10-18(11-13-22)21-19(23)16-7-3-2-4-8-16/h2-9,14,18H,10-13H2,1H3,(H,21,23). The molecular formula is C20H22N2O2. The minimum absolute atomic E-state index is 0.0425. The summed E-state index contributed by atoms with van der Waals surface area (Å²) in [6, 6.07) is 17.0. The summed E-state index contributed by atoms with van der Waals surface area (Å²) in [6.07, 6.45) is 1.58. The zero-order chi connectivity index (χ0) is 16.9. The second-order valence-corrected chi connectivity index (χ2v) is 6.28. The Hall–Kier alpha value is -2.62. The second-order valence-electron chi connectivity index (χ2n) is 6.28. The Bertz CT molecular complexity index is 719. The SMILES string of the molecule is Cc1cccc(C(=O)N2CCC(NC(=O)c3ccccc3)CC2)c1. The molecule has 1 heterocycles. The highest BCUT2D eigenvalue weighted by molar-refractivity contribution is 5.95. The van der Waals surface area contributed by atoms with Crippen molar-refractivity contribution in [3.63, 3.8) is 0 Å². The molecule has 0 radical (unpaired) electrons. The van der Waals surface area contributed by atoms with Crippen LogP contribution < -0.4 is 5.32 Å². The number of likely N-dealkylation sites (tertiary alicyclic amines) is 1. The van der Waals surface area contributed by atoms with Gasteiger partial charge in [-0.25, -0.2) is 0 Å². The van der Waals surface area contributed by atoms with Crippen LogP contribution in [0.1, 0.15) is 39.1 Å². The van der Waals surface area contributed by atoms with Gasteiger partial charge < -0.3 is 10.2 Å². The van der Waals surface area contributed by atoms with Gasteiger partial charge in [0.05, 0.1) is 0 Å². The van der Waals surface area contributed by atoms with Crippen molar-refractivity contribution >= 4 is 11.8 Å². The maximum atomic E-state index is 12.5. The first-order valence-corrected chi connectivity index (χ1v) is 8.35. The van der Waals surface area contributed by atoms with E-state index in [1.165, 1.54) is 0 Å². The summed E-state index contributed by atoms with van der Waals surface area (Å²) in [5.41, 5.74) is 2.50. The van der Waals surface area contributed by atoms with Crippen LogP contribution in [0.5, 0.6) is 0 Å². The average molecular weight is 322 g/mol. The maximum absolute atomic E-state index is 12.5. The lowest BCUT2D eigenvalue weighted by atomic mass is 10.0. The molecule has 124 valence electrons. The van der Waals surface area contributed by atoms with Crippen molar-refractivity contribution in [1.29, 1.82) is 0 Å². The van der Waals surface area contributed by atoms with Gasteiger partial charge in [-0.05, 0) is 44.0 Å². The van der Waals surface area contributed by atoms with E-state index >= 15 is 0 Å². The van der Waals surface area contributed by atoms with E-state index in [9.17, 15) is 9.59 Å². The van der Waals surface area contributed by atoms with Crippen molar-refractivity contribution in [2.75, 3.05) is 13.1 Å². The van der Waals surface area contributed by atoms with E-state index in [2.05, 4.69) is 5.32 Å². The Kier molecular flexibility index (Phi) is 4.94. The largest absolute Gasteiger partial charge is 0.349 e. The molecule has 1 aliphatic rings. The van der Waals surface area contributed by atoms with Crippen LogP contribution in [0.25, 0.3) is 0 Å². The van der Waals surface area contributed by atoms with E-state index < -0.39 is 0 Å². The highest BCUT2D eigenvalue weighted by Crippen LogP contribution is 2.15. The molecule has 1 fully saturated rings. The topological polar surface area (TPSA) is 49.4 Å². The summed E-state index contributed by atoms with van der Waals surface area (Å²) >= 11 is 0. The van der Waals surface area contributed by atoms with Crippen molar-refractivity contribution in [3.05, 3.63) is 71.3 Å². The third-order valence-corrected chi connectivity index (χ3v) is 4.42. The highest BCUT2D eigenvalue weighted by Gasteiger charge is 2.24. The van der Waals surface area contributed by atoms with E-state index in [4.69, 9.17) is 0 Å². The number of nitrogens with one attached hydrogen (secondary N) is 1. The van der Waals surface area contributed by atoms with Crippen LogP contribution in [0.4, 0.5) is 0 Å². The summed E-state index contributed by atoms with van der Waals surface area (Å²) < 4.78 is 0. The molecule has 1 aliphatic heterocycles. The van der Waals surface area contributed by atoms with Crippen molar-refractivity contribution in [3.8, 4) is 0 Å². The second kappa shape index (κ2) is 7.30. The third kappa shape index (κ3) is 3.82. The molecule has 0 bridgehead atoms. The molecule has 2 amide bonds. The molecule has 2 aromatic rings. The van der Waals surface area contributed by atoms with E-state index in [0.717, 1.165) is 24.0 Å². The van der Waals surface area contributed by atoms with Crippen LogP contribution in [0.3, 0.4) is 0 Å². The number of aryl methyl sites for hydroxylation is 1. The monoisotopic (exact) mass is 322 g/mol. The predicted molar refractivity (Wildman–Crippen MR) is 94.0 cm³/mol. The average Bonchev–Trinajstić information content (AvgIpc) is 2.62. The van der Waals surface area contributed by atoms with Gasteiger partial charge in [0.15, 0.2) is 0 Å². The Morgan fingerprint density at radius 2 is 1.62 bits per heavy atom. The molecule has 1 N–H and O–H groups in total. The maximum Gasteiger partial charge on any atom is 0.253 e. The quantitative estimate of drug-likeness (QED) is 0.944. The first-order chi connectivity index (χ1) is 11.6. The molecule has 0 unspecified atom stereocenters. The lowest BCUT2D eigenvalue weighted by Crippen LogP contribution is -2.46. The van der Waals surface area contributed by atoms with Gasteiger partial charge in [0.1, 0.15) is 0 Å². The summed E-state index contributed by atoms with van der Waals surface area (Å²) in [6.45, 7) is 3.33. The molecule has 0 spiro atoms. The molecule has 24 heavy (non-hydrogen) atoms. The van der Waals surface area contributed by atoms with Crippen LogP contribution in [-0.4, -0.2) is 35.8 Å². The number of amides is 2. The number of nitrogens with zero attached hydrogens (tertiary/aromatic N) is 1. The number of hydrogen-bond acceptors (Lipinski definition) is 2. The fourth-order valence-electron chi connectivity index (χ4n) is 3.05. The van der Waals surface area contributed by atoms with Crippen molar-refractivity contribution < 1.29 is 9.59 Å². The van der Waals surface area contributed by atoms with E-state index in [-0.39, 0.29) is 17.9 Å². The van der Waals surface area contributed by atoms with Crippen LogP contribution in [0, 0.1) is 6.92 Å². The molecule has 4 nitrogen and oxygen atoms in total. The molecule has 3 rings (SSSR count). The molecule has 0 aliphatic carbocycles. The molecular weight excluding hydrogens is 300 g/mol. The summed E-state index contributed by atoms with van der Waals surface area (Å²) in [4.78, 5) is 26.6. The molecule has 0 atom stereocenters. The smallest absolute Gasteiger partial charge is 0.253 e. The number of rotatable bonds is 3. The highest BCUT2D eigenvalue weighted by atomic mass is 16.2. The van der Waals surface area contributed by atoms with Crippen molar-refractivity contribution in [1.82, 2.24) is 10.2 Å². The van der Waals surface area contributed by atoms with Gasteiger partial charge in [0.25, 0.3) is 11.8 Å². The predicted octanol–water partition coefficient (Wildman–Crippen LogP) is 3.03. The molecule has 0 saturated carbocycles. The first-order valence-electron chi connectivity index (χ1n) is 8.35. The molecule has 4 heteroatoms. The zero-order valence-electron chi connectivity index (χ0n) is 13.9. The van der Waals surface area contributed by atoms with E-state index in [1.807, 2.05) is 66.4 Å². The van der Waals surface area contributed by atoms with Crippen LogP contribution >= 0.6 is 0 Å². The van der Waals surface area contributed by atoms with E-state index in [1.54, 1.807) is 0 Å². The lowest BCUT2D eigenvalue weighted by molar-refractivity contribution is 0.0698. The normalized spacial score (nSPS) is 15.1. The van der Waals surface area contributed by atoms with Gasteiger partial charge in [0.2, 0.25) is 0 Å². The fourth-order valence-corrected chi connectivity index (χ4v) is 3.05. The lowest BCUT2D eigenvalue weighted by Gasteiger charge is -2.32. The Labute approximate surface area is 142 Å². The van der Waals surface area contributed by atoms with Crippen LogP contribution in [0.2, 0.25) is 0 Å². The third-order valence-electron chi connectivity index (χ3n) is 4.42. The fraction of sp³-hybridized carbons (Fsp3) is 0.300. The van der Waals surface area contributed by atoms with Crippen LogP contribution in [-0.2, 0) is 0 Å². The van der Waals surface area contributed by atoms with Gasteiger partial charge in [-0.15, -0.1) is 0 Å². The van der Waals surface area contributed by atoms with Gasteiger partial charge in [-0.2, -0.15) is 0 Å². The molecule has 0 aromatic heterocycles. The number of carbonyl (C=O) groups excluding carboxylic acids is 2. The van der Waals surface area contributed by atoms with Gasteiger partial charge in [0, 0.05) is 30.3 Å². The van der Waals surface area contributed by atoms with Crippen molar-refractivity contribution in [2.45, 2.75) is 25.8 Å². The molecule has 1 saturated heterocycles. The number of benzene rings is 2. The van der Waals surface area contributed by atoms with E-state index in [0.29, 0.717) is 18.7 Å². The summed E-state index contributed by atoms with van der Waals surface area (Å²) in [5, 5.41) is 3.07. The summed E-state index contributed by atoms with van der Waals surface area (Å²) in [7, 11) is 0. The molecule has 2 aromatic carbocycles. The Balaban J connectivity index is 1.54. The Morgan fingerprint density at radius 1 is 0.958 bits per heavy atom. The zero-order valence-corrected chi connectivity index (χ0v) is 13.9. The first kappa shape index (κ1) is 16.2. The van der Waals surface area contributed by atoms with Gasteiger partial charge in [-0.1, -0.05) is 35.9 Å². The Morgan fingerprint density at radius 3 is 2.29 bits per heavy atom. The number of hydrogen-bond donors (Lipinski definition) is 1. The van der Waals surface area contributed by atoms with Gasteiger partial charge >= 0.3 is 0 Å². The summed E-state index contributed by atoms with van der Waals surface area (Å²) in [5.74, 6) is 0.0330. The minimum atomic E-state index is -0.0425. The number of carbonyl (C=O) groups is 2. The van der Waals surface area contributed by atoms with Gasteiger partial charge in [-0.3, -0.25) is 9.59 Å². The van der Waals surface area contributed by atoms with Crippen LogP contribution in [0.15, 0.2) is 54.6 Å². The van der Waals surface area contributed by atoms with Crippen molar-refractivity contribution in [2.24, 2.45) is 0 Å².